The molecule has 0 radical (unpaired) electrons. The van der Waals surface area contributed by atoms with Gasteiger partial charge in [-0.15, -0.1) is 0 Å². The minimum Gasteiger partial charge on any atom is -0.491 e. The van der Waals surface area contributed by atoms with E-state index in [0.717, 1.165) is 32.7 Å². The molecule has 29 heavy (non-hydrogen) atoms. The van der Waals surface area contributed by atoms with Gasteiger partial charge in [0.1, 0.15) is 12.4 Å². The maximum atomic E-state index is 9.83. The van der Waals surface area contributed by atoms with Crippen LogP contribution in [0.25, 0.3) is 32.7 Å². The van der Waals surface area contributed by atoms with Crippen LogP contribution in [0.2, 0.25) is 0 Å². The molecule has 7 nitrogen and oxygen atoms in total. The lowest BCUT2D eigenvalue weighted by atomic mass is 10.1. The van der Waals surface area contributed by atoms with Gasteiger partial charge in [0.15, 0.2) is 0 Å². The average Bonchev–Trinajstić information content (AvgIpc) is 3.13. The molecule has 0 fully saturated rings. The van der Waals surface area contributed by atoms with E-state index in [1.165, 1.54) is 0 Å². The molecule has 0 bridgehead atoms. The molecule has 4 aromatic rings. The number of pyridine rings is 1. The van der Waals surface area contributed by atoms with Crippen molar-refractivity contribution >= 4 is 32.7 Å². The molecular formula is C22H21N3O4. The zero-order valence-electron chi connectivity index (χ0n) is 15.8. The van der Waals surface area contributed by atoms with E-state index in [4.69, 9.17) is 19.8 Å². The van der Waals surface area contributed by atoms with E-state index in [1.807, 2.05) is 30.5 Å². The molecule has 0 saturated carbocycles. The summed E-state index contributed by atoms with van der Waals surface area (Å²) in [6.45, 7) is 1.17. The van der Waals surface area contributed by atoms with Crippen LogP contribution in [0.15, 0.2) is 36.5 Å². The lowest BCUT2D eigenvalue weighted by Crippen LogP contribution is -2.09. The Bertz CT molecular complexity index is 1210. The quantitative estimate of drug-likeness (QED) is 0.398. The number of rotatable bonds is 8. The summed E-state index contributed by atoms with van der Waals surface area (Å²) in [6, 6.07) is 11.4. The molecule has 3 N–H and O–H groups in total. The number of nitrogens with zero attached hydrogens (tertiary/aromatic N) is 2. The second kappa shape index (κ2) is 8.45. The first-order chi connectivity index (χ1) is 14.2. The van der Waals surface area contributed by atoms with Crippen molar-refractivity contribution < 1.29 is 19.7 Å². The van der Waals surface area contributed by atoms with Crippen molar-refractivity contribution in [1.82, 2.24) is 9.97 Å². The molecule has 0 aliphatic carbocycles. The van der Waals surface area contributed by atoms with E-state index in [2.05, 4.69) is 16.0 Å². The number of aliphatic hydroxyl groups excluding tert-OH is 2. The van der Waals surface area contributed by atoms with Gasteiger partial charge in [-0.2, -0.15) is 5.26 Å². The number of hydrogen-bond donors (Lipinski definition) is 3. The van der Waals surface area contributed by atoms with Crippen molar-refractivity contribution in [3.05, 3.63) is 47.7 Å². The third-order valence-electron chi connectivity index (χ3n) is 4.85. The lowest BCUT2D eigenvalue weighted by Gasteiger charge is -2.12. The fourth-order valence-corrected chi connectivity index (χ4v) is 3.43. The summed E-state index contributed by atoms with van der Waals surface area (Å²) in [7, 11) is 0. The molecule has 4 rings (SSSR count). The predicted molar refractivity (Wildman–Crippen MR) is 110 cm³/mol. The fraction of sp³-hybridized carbons (Fsp3) is 0.273. The third kappa shape index (κ3) is 3.74. The minimum absolute atomic E-state index is 0.103. The maximum Gasteiger partial charge on any atom is 0.127 e. The molecular weight excluding hydrogens is 370 g/mol. The van der Waals surface area contributed by atoms with Crippen LogP contribution in [0.4, 0.5) is 0 Å². The van der Waals surface area contributed by atoms with Gasteiger partial charge in [-0.3, -0.25) is 4.98 Å². The molecule has 0 saturated heterocycles. The third-order valence-corrected chi connectivity index (χ3v) is 4.85. The van der Waals surface area contributed by atoms with Crippen LogP contribution >= 0.6 is 0 Å². The summed E-state index contributed by atoms with van der Waals surface area (Å²) in [5.74, 6) is 0.570. The Balaban J connectivity index is 1.69. The van der Waals surface area contributed by atoms with E-state index in [-0.39, 0.29) is 13.2 Å². The molecule has 2 aromatic heterocycles. The molecule has 0 aliphatic heterocycles. The molecule has 0 unspecified atom stereocenters. The van der Waals surface area contributed by atoms with Gasteiger partial charge in [-0.1, -0.05) is 6.07 Å². The SMILES string of the molecule is N#Cc1ccc2c(c1)[nH]c1c3cc(CO)c(OCCOCCCO)cc3ncc21. The number of nitrogens with one attached hydrogen (secondary N) is 1. The summed E-state index contributed by atoms with van der Waals surface area (Å²) in [6.07, 6.45) is 2.40. The number of benzene rings is 2. The Morgan fingerprint density at radius 1 is 1.03 bits per heavy atom. The van der Waals surface area contributed by atoms with Gasteiger partial charge >= 0.3 is 0 Å². The topological polar surface area (TPSA) is 111 Å². The molecule has 148 valence electrons. The van der Waals surface area contributed by atoms with Crippen molar-refractivity contribution in [3.8, 4) is 11.8 Å². The van der Waals surface area contributed by atoms with Crippen LogP contribution in [0.1, 0.15) is 17.5 Å². The van der Waals surface area contributed by atoms with Crippen LogP contribution < -0.4 is 4.74 Å². The zero-order valence-corrected chi connectivity index (χ0v) is 15.8. The Morgan fingerprint density at radius 3 is 2.72 bits per heavy atom. The van der Waals surface area contributed by atoms with Gasteiger partial charge in [-0.05, 0) is 24.6 Å². The summed E-state index contributed by atoms with van der Waals surface area (Å²) in [5, 5.41) is 30.6. The van der Waals surface area contributed by atoms with Crippen LogP contribution in [-0.4, -0.2) is 46.6 Å². The Hall–Kier alpha value is -3.18. The van der Waals surface area contributed by atoms with E-state index in [9.17, 15) is 5.11 Å². The van der Waals surface area contributed by atoms with Crippen molar-refractivity contribution in [2.24, 2.45) is 0 Å². The van der Waals surface area contributed by atoms with Gasteiger partial charge in [0, 0.05) is 52.7 Å². The molecule has 2 heterocycles. The normalized spacial score (nSPS) is 11.3. The maximum absolute atomic E-state index is 9.83. The molecule has 0 spiro atoms. The van der Waals surface area contributed by atoms with Crippen LogP contribution in [0, 0.1) is 11.3 Å². The number of H-pyrrole nitrogens is 1. The summed E-state index contributed by atoms with van der Waals surface area (Å²) < 4.78 is 11.2. The number of ether oxygens (including phenoxy) is 2. The van der Waals surface area contributed by atoms with Gasteiger partial charge in [0.05, 0.1) is 35.9 Å². The molecule has 2 aromatic carbocycles. The lowest BCUT2D eigenvalue weighted by molar-refractivity contribution is 0.0876. The van der Waals surface area contributed by atoms with Gasteiger partial charge in [0.25, 0.3) is 0 Å². The Morgan fingerprint density at radius 2 is 1.93 bits per heavy atom. The van der Waals surface area contributed by atoms with Crippen LogP contribution in [0.3, 0.4) is 0 Å². The highest BCUT2D eigenvalue weighted by Crippen LogP contribution is 2.33. The van der Waals surface area contributed by atoms with Crippen molar-refractivity contribution in [3.63, 3.8) is 0 Å². The number of nitriles is 1. The van der Waals surface area contributed by atoms with Crippen molar-refractivity contribution in [2.45, 2.75) is 13.0 Å². The largest absolute Gasteiger partial charge is 0.491 e. The second-order valence-electron chi connectivity index (χ2n) is 6.72. The van der Waals surface area contributed by atoms with Crippen molar-refractivity contribution in [1.29, 1.82) is 5.26 Å². The molecule has 0 aliphatic rings. The number of aliphatic hydroxyl groups is 2. The highest BCUT2D eigenvalue weighted by Gasteiger charge is 2.13. The standard InChI is InChI=1S/C22H21N3O4/c23-11-14-2-3-16-18-12-24-19-10-21(29-7-6-28-5-1-4-26)15(13-27)9-17(19)22(18)25-20(16)8-14/h2-3,8-10,12,25-27H,1,4-7,13H2. The number of aromatic amines is 1. The predicted octanol–water partition coefficient (Wildman–Crippen LogP) is 3.01. The second-order valence-corrected chi connectivity index (χ2v) is 6.72. The van der Waals surface area contributed by atoms with Gasteiger partial charge < -0.3 is 24.7 Å². The monoisotopic (exact) mass is 391 g/mol. The highest BCUT2D eigenvalue weighted by atomic mass is 16.5. The minimum atomic E-state index is -0.161. The number of aromatic nitrogens is 2. The summed E-state index contributed by atoms with van der Waals surface area (Å²) >= 11 is 0. The van der Waals surface area contributed by atoms with Crippen molar-refractivity contribution in [2.75, 3.05) is 26.4 Å². The first kappa shape index (κ1) is 19.2. The molecule has 7 heteroatoms. The Labute approximate surface area is 167 Å². The van der Waals surface area contributed by atoms with E-state index >= 15 is 0 Å². The summed E-state index contributed by atoms with van der Waals surface area (Å²) in [4.78, 5) is 7.96. The number of fused-ring (bicyclic) bond motifs is 5. The smallest absolute Gasteiger partial charge is 0.127 e. The summed E-state index contributed by atoms with van der Waals surface area (Å²) in [5.41, 5.74) is 3.79. The average molecular weight is 391 g/mol. The highest BCUT2D eigenvalue weighted by molar-refractivity contribution is 6.16. The van der Waals surface area contributed by atoms with E-state index in [0.29, 0.717) is 43.1 Å². The first-order valence-corrected chi connectivity index (χ1v) is 9.44. The van der Waals surface area contributed by atoms with Gasteiger partial charge in [0.2, 0.25) is 0 Å². The van der Waals surface area contributed by atoms with E-state index < -0.39 is 0 Å². The Kier molecular flexibility index (Phi) is 5.58. The fourth-order valence-electron chi connectivity index (χ4n) is 3.43. The molecule has 0 atom stereocenters. The first-order valence-electron chi connectivity index (χ1n) is 9.44. The molecule has 0 amide bonds. The zero-order chi connectivity index (χ0) is 20.2. The van der Waals surface area contributed by atoms with E-state index in [1.54, 1.807) is 6.07 Å². The van der Waals surface area contributed by atoms with Crippen LogP contribution in [0.5, 0.6) is 5.75 Å². The number of hydrogen-bond acceptors (Lipinski definition) is 6. The van der Waals surface area contributed by atoms with Gasteiger partial charge in [-0.25, -0.2) is 0 Å². The van der Waals surface area contributed by atoms with Crippen LogP contribution in [-0.2, 0) is 11.3 Å².